The number of carbonyl (C=O) groups excluding carboxylic acids is 1. The van der Waals surface area contributed by atoms with Crippen molar-refractivity contribution in [1.29, 1.82) is 0 Å². The molecule has 2 N–H and O–H groups in total. The van der Waals surface area contributed by atoms with E-state index in [2.05, 4.69) is 12.0 Å². The number of benzene rings is 1. The number of hydrogen-bond acceptors (Lipinski definition) is 2. The molecule has 0 aromatic heterocycles. The molecule has 1 amide bonds. The summed E-state index contributed by atoms with van der Waals surface area (Å²) in [6.07, 6.45) is 7.48. The lowest BCUT2D eigenvalue weighted by Gasteiger charge is -2.31. The Bertz CT molecular complexity index is 462. The summed E-state index contributed by atoms with van der Waals surface area (Å²) in [5.74, 6) is 2.36. The highest BCUT2D eigenvalue weighted by molar-refractivity contribution is 5.98. The smallest absolute Gasteiger partial charge is 0.244 e. The number of terminal acetylenes is 1. The summed E-state index contributed by atoms with van der Waals surface area (Å²) in [6, 6.07) is 7.37. The van der Waals surface area contributed by atoms with E-state index < -0.39 is 6.04 Å². The summed E-state index contributed by atoms with van der Waals surface area (Å²) in [5.41, 5.74) is 7.97. The van der Waals surface area contributed by atoms with Crippen LogP contribution >= 0.6 is 0 Å². The van der Waals surface area contributed by atoms with Crippen molar-refractivity contribution in [3.63, 3.8) is 0 Å². The minimum atomic E-state index is -0.592. The first-order valence-electron chi connectivity index (χ1n) is 5.82. The highest BCUT2D eigenvalue weighted by atomic mass is 16.2. The molecular weight excluding hydrogens is 212 g/mol. The molecule has 17 heavy (non-hydrogen) atoms. The van der Waals surface area contributed by atoms with E-state index in [1.54, 1.807) is 4.90 Å². The summed E-state index contributed by atoms with van der Waals surface area (Å²) in [5, 5.41) is 0. The lowest BCUT2D eigenvalue weighted by Crippen LogP contribution is -2.45. The van der Waals surface area contributed by atoms with E-state index in [1.807, 2.05) is 18.2 Å². The Labute approximate surface area is 102 Å². The third-order valence-corrected chi connectivity index (χ3v) is 3.03. The van der Waals surface area contributed by atoms with Crippen LogP contribution in [0.3, 0.4) is 0 Å². The Morgan fingerprint density at radius 3 is 3.06 bits per heavy atom. The molecule has 0 radical (unpaired) electrons. The fourth-order valence-corrected chi connectivity index (χ4v) is 2.18. The third-order valence-electron chi connectivity index (χ3n) is 3.03. The fourth-order valence-electron chi connectivity index (χ4n) is 2.18. The number of anilines is 1. The summed E-state index contributed by atoms with van der Waals surface area (Å²) >= 11 is 0. The van der Waals surface area contributed by atoms with Gasteiger partial charge in [0.25, 0.3) is 0 Å². The predicted octanol–water partition coefficient (Wildman–Crippen LogP) is 1.32. The van der Waals surface area contributed by atoms with E-state index in [0.717, 1.165) is 25.1 Å². The number of para-hydroxylation sites is 1. The lowest BCUT2D eigenvalue weighted by molar-refractivity contribution is -0.119. The van der Waals surface area contributed by atoms with Gasteiger partial charge in [-0.1, -0.05) is 18.2 Å². The number of nitrogens with two attached hydrogens (primary N) is 1. The summed E-state index contributed by atoms with van der Waals surface area (Å²) in [7, 11) is 0. The van der Waals surface area contributed by atoms with Crippen LogP contribution in [0.15, 0.2) is 24.3 Å². The first-order valence-corrected chi connectivity index (χ1v) is 5.82. The minimum absolute atomic E-state index is 0.0740. The van der Waals surface area contributed by atoms with Gasteiger partial charge in [-0.25, -0.2) is 0 Å². The SMILES string of the molecule is C#CCC(N)C(=O)N1CCCc2ccccc21. The molecule has 1 aliphatic rings. The van der Waals surface area contributed by atoms with Gasteiger partial charge in [-0.2, -0.15) is 0 Å². The van der Waals surface area contributed by atoms with Gasteiger partial charge in [-0.3, -0.25) is 4.79 Å². The largest absolute Gasteiger partial charge is 0.319 e. The number of fused-ring (bicyclic) bond motifs is 1. The van der Waals surface area contributed by atoms with Crippen molar-refractivity contribution in [3.8, 4) is 12.3 Å². The lowest BCUT2D eigenvalue weighted by atomic mass is 10.0. The van der Waals surface area contributed by atoms with Crippen molar-refractivity contribution in [2.75, 3.05) is 11.4 Å². The zero-order chi connectivity index (χ0) is 12.3. The minimum Gasteiger partial charge on any atom is -0.319 e. The van der Waals surface area contributed by atoms with Crippen LogP contribution in [-0.2, 0) is 11.2 Å². The van der Waals surface area contributed by atoms with Crippen LogP contribution in [0, 0.1) is 12.3 Å². The van der Waals surface area contributed by atoms with Gasteiger partial charge in [-0.15, -0.1) is 12.3 Å². The molecule has 2 rings (SSSR count). The Morgan fingerprint density at radius 2 is 2.29 bits per heavy atom. The van der Waals surface area contributed by atoms with Gasteiger partial charge in [0.2, 0.25) is 5.91 Å². The monoisotopic (exact) mass is 228 g/mol. The topological polar surface area (TPSA) is 46.3 Å². The van der Waals surface area contributed by atoms with Crippen molar-refractivity contribution in [2.45, 2.75) is 25.3 Å². The molecule has 0 aliphatic carbocycles. The van der Waals surface area contributed by atoms with Crippen LogP contribution in [0.2, 0.25) is 0 Å². The number of amides is 1. The molecule has 0 fully saturated rings. The Kier molecular flexibility index (Phi) is 3.46. The normalized spacial score (nSPS) is 15.9. The summed E-state index contributed by atoms with van der Waals surface area (Å²) in [6.45, 7) is 0.730. The van der Waals surface area contributed by atoms with Gasteiger partial charge in [0.1, 0.15) is 0 Å². The van der Waals surface area contributed by atoms with Crippen molar-refractivity contribution < 1.29 is 4.79 Å². The second kappa shape index (κ2) is 5.03. The van der Waals surface area contributed by atoms with Gasteiger partial charge in [0.05, 0.1) is 6.04 Å². The predicted molar refractivity (Wildman–Crippen MR) is 68.5 cm³/mol. The molecule has 1 aliphatic heterocycles. The highest BCUT2D eigenvalue weighted by Crippen LogP contribution is 2.27. The second-order valence-corrected chi connectivity index (χ2v) is 4.24. The van der Waals surface area contributed by atoms with Crippen LogP contribution < -0.4 is 10.6 Å². The Morgan fingerprint density at radius 1 is 1.53 bits per heavy atom. The van der Waals surface area contributed by atoms with Crippen molar-refractivity contribution in [1.82, 2.24) is 0 Å². The van der Waals surface area contributed by atoms with E-state index >= 15 is 0 Å². The third kappa shape index (κ3) is 2.32. The molecule has 0 saturated heterocycles. The van der Waals surface area contributed by atoms with E-state index in [4.69, 9.17) is 12.2 Å². The van der Waals surface area contributed by atoms with Crippen molar-refractivity contribution in [2.24, 2.45) is 5.73 Å². The molecule has 1 aromatic carbocycles. The van der Waals surface area contributed by atoms with Crippen LogP contribution in [0.25, 0.3) is 0 Å². The van der Waals surface area contributed by atoms with Crippen molar-refractivity contribution >= 4 is 11.6 Å². The van der Waals surface area contributed by atoms with Crippen molar-refractivity contribution in [3.05, 3.63) is 29.8 Å². The average Bonchev–Trinajstić information content (AvgIpc) is 2.37. The van der Waals surface area contributed by atoms with E-state index in [-0.39, 0.29) is 12.3 Å². The van der Waals surface area contributed by atoms with Gasteiger partial charge >= 0.3 is 0 Å². The fraction of sp³-hybridized carbons (Fsp3) is 0.357. The standard InChI is InChI=1S/C14H16N2O/c1-2-6-12(15)14(17)16-10-5-8-11-7-3-4-9-13(11)16/h1,3-4,7,9,12H,5-6,8,10,15H2. The van der Waals surface area contributed by atoms with Gasteiger partial charge < -0.3 is 10.6 Å². The quantitative estimate of drug-likeness (QED) is 0.776. The van der Waals surface area contributed by atoms with E-state index in [0.29, 0.717) is 0 Å². The average molecular weight is 228 g/mol. The molecule has 88 valence electrons. The molecule has 3 nitrogen and oxygen atoms in total. The molecule has 1 aromatic rings. The maximum absolute atomic E-state index is 12.2. The van der Waals surface area contributed by atoms with Crippen LogP contribution in [0.5, 0.6) is 0 Å². The van der Waals surface area contributed by atoms with Crippen LogP contribution in [0.4, 0.5) is 5.69 Å². The first-order chi connectivity index (χ1) is 8.24. The zero-order valence-corrected chi connectivity index (χ0v) is 9.73. The summed E-state index contributed by atoms with van der Waals surface area (Å²) < 4.78 is 0. The Balaban J connectivity index is 2.24. The number of carbonyl (C=O) groups is 1. The molecule has 1 unspecified atom stereocenters. The molecule has 0 bridgehead atoms. The highest BCUT2D eigenvalue weighted by Gasteiger charge is 2.25. The van der Waals surface area contributed by atoms with E-state index in [1.165, 1.54) is 5.56 Å². The first kappa shape index (κ1) is 11.7. The molecule has 1 atom stereocenters. The number of aryl methyl sites for hydroxylation is 1. The maximum Gasteiger partial charge on any atom is 0.244 e. The number of hydrogen-bond donors (Lipinski definition) is 1. The van der Waals surface area contributed by atoms with Gasteiger partial charge in [0.15, 0.2) is 0 Å². The maximum atomic E-state index is 12.2. The van der Waals surface area contributed by atoms with Gasteiger partial charge in [-0.05, 0) is 24.5 Å². The summed E-state index contributed by atoms with van der Waals surface area (Å²) in [4.78, 5) is 13.9. The molecule has 3 heteroatoms. The van der Waals surface area contributed by atoms with Crippen LogP contribution in [0.1, 0.15) is 18.4 Å². The number of nitrogens with zero attached hydrogens (tertiary/aromatic N) is 1. The molecular formula is C14H16N2O. The molecule has 0 spiro atoms. The van der Waals surface area contributed by atoms with Gasteiger partial charge in [0, 0.05) is 18.7 Å². The van der Waals surface area contributed by atoms with E-state index in [9.17, 15) is 4.79 Å². The van der Waals surface area contributed by atoms with Crippen LogP contribution in [-0.4, -0.2) is 18.5 Å². The molecule has 1 heterocycles. The molecule has 0 saturated carbocycles. The number of rotatable bonds is 2. The second-order valence-electron chi connectivity index (χ2n) is 4.24. The Hall–Kier alpha value is -1.79. The zero-order valence-electron chi connectivity index (χ0n) is 9.73.